The lowest BCUT2D eigenvalue weighted by atomic mass is 10.2. The molecule has 0 saturated heterocycles. The van der Waals surface area contributed by atoms with Crippen LogP contribution in [0.25, 0.3) is 0 Å². The predicted octanol–water partition coefficient (Wildman–Crippen LogP) is 1.68. The van der Waals surface area contributed by atoms with Crippen LogP contribution in [0, 0.1) is 10.1 Å². The molecule has 0 aliphatic heterocycles. The molecule has 0 atom stereocenters. The molecule has 0 heterocycles. The molecule has 0 saturated carbocycles. The van der Waals surface area contributed by atoms with Crippen molar-refractivity contribution in [1.82, 2.24) is 0 Å². The Morgan fingerprint density at radius 3 is 2.21 bits per heavy atom. The molecule has 1 aromatic rings. The molecule has 76 valence electrons. The van der Waals surface area contributed by atoms with E-state index in [1.807, 2.05) is 0 Å². The number of benzene rings is 1. The van der Waals surface area contributed by atoms with Crippen molar-refractivity contribution in [1.29, 1.82) is 0 Å². The van der Waals surface area contributed by atoms with E-state index in [9.17, 15) is 14.9 Å². The second-order valence-corrected chi connectivity index (χ2v) is 2.08. The number of carboxylic acids is 1. The van der Waals surface area contributed by atoms with Crippen LogP contribution in [-0.2, 0) is 0 Å². The lowest BCUT2D eigenvalue weighted by molar-refractivity contribution is -0.385. The van der Waals surface area contributed by atoms with Crippen LogP contribution in [0.4, 0.5) is 5.69 Å². The van der Waals surface area contributed by atoms with E-state index in [1.165, 1.54) is 18.2 Å². The Hall–Kier alpha value is -1.60. The van der Waals surface area contributed by atoms with E-state index < -0.39 is 10.9 Å². The number of carbonyl (C=O) groups is 1. The Kier molecular flexibility index (Phi) is 5.27. The largest absolute Gasteiger partial charge is 0.477 e. The third-order valence-corrected chi connectivity index (χ3v) is 1.33. The number of nitrogens with zero attached hydrogens (tertiary/aromatic N) is 1. The summed E-state index contributed by atoms with van der Waals surface area (Å²) in [5, 5.41) is 18.8. The van der Waals surface area contributed by atoms with Gasteiger partial charge in [-0.2, -0.15) is 0 Å². The number of para-hydroxylation sites is 1. The first kappa shape index (κ1) is 12.4. The van der Waals surface area contributed by atoms with Crippen molar-refractivity contribution in [2.24, 2.45) is 0 Å². The zero-order chi connectivity index (χ0) is 11.1. The predicted molar refractivity (Wildman–Crippen MR) is 51.7 cm³/mol. The van der Waals surface area contributed by atoms with Crippen LogP contribution < -0.4 is 0 Å². The summed E-state index contributed by atoms with van der Waals surface area (Å²) >= 11 is 2.53. The van der Waals surface area contributed by atoms with E-state index in [2.05, 4.69) is 12.9 Å². The van der Waals surface area contributed by atoms with Gasteiger partial charge in [0.15, 0.2) is 0 Å². The number of thiol groups is 1. The third-order valence-electron chi connectivity index (χ3n) is 1.33. The molecule has 1 rings (SSSR count). The highest BCUT2D eigenvalue weighted by molar-refractivity contribution is 7.74. The quantitative estimate of drug-likeness (QED) is 0.303. The van der Waals surface area contributed by atoms with Gasteiger partial charge in [0.05, 0.1) is 4.92 Å². The topological polar surface area (TPSA) is 101 Å². The fourth-order valence-electron chi connectivity index (χ4n) is 0.814. The van der Waals surface area contributed by atoms with Gasteiger partial charge in [0.1, 0.15) is 5.56 Å². The monoisotopic (exact) mass is 217 g/mol. The average molecular weight is 217 g/mol. The molecule has 2 N–H and O–H groups in total. The zero-order valence-corrected chi connectivity index (χ0v) is 7.72. The Morgan fingerprint density at radius 1 is 1.36 bits per heavy atom. The molecule has 0 bridgehead atoms. The molecule has 0 fully saturated rings. The van der Waals surface area contributed by atoms with Gasteiger partial charge < -0.3 is 9.66 Å². The van der Waals surface area contributed by atoms with Gasteiger partial charge in [-0.3, -0.25) is 10.1 Å². The standard InChI is InChI=1S/C7H5NO4.H2OS/c9-7(10)5-3-1-2-4-6(5)8(11)12;1-2/h1-4H,(H,9,10);1-2H. The van der Waals surface area contributed by atoms with E-state index in [4.69, 9.17) is 9.66 Å². The second kappa shape index (κ2) is 5.95. The van der Waals surface area contributed by atoms with Crippen LogP contribution in [0.2, 0.25) is 0 Å². The van der Waals surface area contributed by atoms with Gasteiger partial charge in [-0.25, -0.2) is 4.79 Å². The van der Waals surface area contributed by atoms with Gasteiger partial charge in [0.25, 0.3) is 5.69 Å². The first-order chi connectivity index (χ1) is 6.63. The molecule has 0 radical (unpaired) electrons. The normalized spacial score (nSPS) is 8.43. The molecule has 1 aromatic carbocycles. The van der Waals surface area contributed by atoms with Crippen LogP contribution in [0.1, 0.15) is 10.4 Å². The summed E-state index contributed by atoms with van der Waals surface area (Å²) < 4.78 is 6.69. The number of rotatable bonds is 2. The molecule has 0 unspecified atom stereocenters. The highest BCUT2D eigenvalue weighted by Crippen LogP contribution is 2.16. The maximum atomic E-state index is 10.4. The Bertz CT molecular complexity index is 308. The van der Waals surface area contributed by atoms with Gasteiger partial charge >= 0.3 is 5.97 Å². The maximum absolute atomic E-state index is 10.4. The van der Waals surface area contributed by atoms with E-state index in [1.54, 1.807) is 0 Å². The van der Waals surface area contributed by atoms with E-state index in [-0.39, 0.29) is 11.3 Å². The molecule has 0 aromatic heterocycles. The summed E-state index contributed by atoms with van der Waals surface area (Å²) in [6.07, 6.45) is 0. The van der Waals surface area contributed by atoms with E-state index >= 15 is 0 Å². The summed E-state index contributed by atoms with van der Waals surface area (Å²) in [4.78, 5) is 20.0. The van der Waals surface area contributed by atoms with Crippen molar-refractivity contribution >= 4 is 24.6 Å². The molecule has 0 amide bonds. The van der Waals surface area contributed by atoms with Crippen molar-refractivity contribution in [2.75, 3.05) is 0 Å². The lowest BCUT2D eigenvalue weighted by Crippen LogP contribution is -2.01. The van der Waals surface area contributed by atoms with Gasteiger partial charge in [0, 0.05) is 6.07 Å². The Morgan fingerprint density at radius 2 is 1.86 bits per heavy atom. The molecule has 0 aliphatic rings. The molecule has 6 nitrogen and oxygen atoms in total. The maximum Gasteiger partial charge on any atom is 0.342 e. The summed E-state index contributed by atoms with van der Waals surface area (Å²) in [5.41, 5.74) is -0.674. The number of hydrogen-bond acceptors (Lipinski definition) is 5. The third kappa shape index (κ3) is 3.04. The number of nitro benzene ring substituents is 1. The van der Waals surface area contributed by atoms with Gasteiger partial charge in [-0.05, 0) is 19.0 Å². The highest BCUT2D eigenvalue weighted by Gasteiger charge is 2.17. The summed E-state index contributed by atoms with van der Waals surface area (Å²) in [6.45, 7) is 0. The van der Waals surface area contributed by atoms with E-state index in [0.717, 1.165) is 6.07 Å². The fourth-order valence-corrected chi connectivity index (χ4v) is 0.814. The molecular formula is C7H7NO5S. The van der Waals surface area contributed by atoms with Crippen LogP contribution in [0.5, 0.6) is 0 Å². The first-order valence-corrected chi connectivity index (χ1v) is 3.69. The molecule has 0 spiro atoms. The summed E-state index contributed by atoms with van der Waals surface area (Å²) in [7, 11) is 0. The molecule has 14 heavy (non-hydrogen) atoms. The number of nitro groups is 1. The lowest BCUT2D eigenvalue weighted by Gasteiger charge is -1.94. The minimum absolute atomic E-state index is 0.289. The van der Waals surface area contributed by atoms with E-state index in [0.29, 0.717) is 0 Å². The molecular weight excluding hydrogens is 210 g/mol. The minimum Gasteiger partial charge on any atom is -0.477 e. The van der Waals surface area contributed by atoms with Crippen molar-refractivity contribution in [3.8, 4) is 0 Å². The fraction of sp³-hybridized carbons (Fsp3) is 0. The number of aromatic carboxylic acids is 1. The van der Waals surface area contributed by atoms with Crippen molar-refractivity contribution < 1.29 is 19.4 Å². The first-order valence-electron chi connectivity index (χ1n) is 3.29. The van der Waals surface area contributed by atoms with Crippen LogP contribution in [0.15, 0.2) is 24.3 Å². The Labute approximate surface area is 84.6 Å². The van der Waals surface area contributed by atoms with Gasteiger partial charge in [-0.1, -0.05) is 12.1 Å². The Balaban J connectivity index is 0.000000791. The summed E-state index contributed by atoms with van der Waals surface area (Å²) in [6, 6.07) is 5.21. The number of hydrogen-bond donors (Lipinski definition) is 3. The average Bonchev–Trinajstić information content (AvgIpc) is 2.20. The highest BCUT2D eigenvalue weighted by atomic mass is 32.1. The number of carboxylic acid groups (broad SMARTS) is 1. The van der Waals surface area contributed by atoms with Crippen molar-refractivity contribution in [3.63, 3.8) is 0 Å². The molecule has 0 aliphatic carbocycles. The molecule has 7 heteroatoms. The van der Waals surface area contributed by atoms with Crippen LogP contribution in [0.3, 0.4) is 0 Å². The van der Waals surface area contributed by atoms with Crippen LogP contribution >= 0.6 is 12.9 Å². The van der Waals surface area contributed by atoms with Crippen molar-refractivity contribution in [3.05, 3.63) is 39.9 Å². The zero-order valence-electron chi connectivity index (χ0n) is 6.82. The van der Waals surface area contributed by atoms with Gasteiger partial charge in [0.2, 0.25) is 0 Å². The van der Waals surface area contributed by atoms with Crippen LogP contribution in [-0.4, -0.2) is 20.6 Å². The summed E-state index contributed by atoms with van der Waals surface area (Å²) in [5.74, 6) is -1.29. The SMILES string of the molecule is O=C(O)c1ccccc1[N+](=O)[O-].OS. The minimum atomic E-state index is -1.29. The van der Waals surface area contributed by atoms with Gasteiger partial charge in [-0.15, -0.1) is 0 Å². The van der Waals surface area contributed by atoms with Crippen molar-refractivity contribution in [2.45, 2.75) is 0 Å². The smallest absolute Gasteiger partial charge is 0.342 e. The second-order valence-electron chi connectivity index (χ2n) is 2.08.